The van der Waals surface area contributed by atoms with Crippen LogP contribution in [-0.4, -0.2) is 65.7 Å². The molecule has 5 heterocycles. The SMILES string of the molecule is C/C=C1/CN2[C@H]3C[C@@]45c6ccccc6N(C)[C@@H]4[C@]2(O)C[C@@H]1C3(C(=O)OC)C5O. The fraction of sp³-hybridized carbons (Fsp3) is 0.591. The highest BCUT2D eigenvalue weighted by atomic mass is 16.5. The Labute approximate surface area is 164 Å². The fourth-order valence-corrected chi connectivity index (χ4v) is 8.02. The first kappa shape index (κ1) is 17.0. The summed E-state index contributed by atoms with van der Waals surface area (Å²) < 4.78 is 5.32. The highest BCUT2D eigenvalue weighted by Gasteiger charge is 2.86. The summed E-state index contributed by atoms with van der Waals surface area (Å²) in [6.07, 6.45) is 2.24. The quantitative estimate of drug-likeness (QED) is 0.558. The number of hydrogen-bond donors (Lipinski definition) is 2. The third-order valence-corrected chi connectivity index (χ3v) is 8.79. The van der Waals surface area contributed by atoms with Gasteiger partial charge in [0.15, 0.2) is 0 Å². The van der Waals surface area contributed by atoms with E-state index < -0.39 is 22.7 Å². The summed E-state index contributed by atoms with van der Waals surface area (Å²) in [4.78, 5) is 17.6. The molecule has 8 atom stereocenters. The zero-order valence-corrected chi connectivity index (χ0v) is 16.4. The summed E-state index contributed by atoms with van der Waals surface area (Å²) in [6, 6.07) is 7.57. The van der Waals surface area contributed by atoms with E-state index in [0.29, 0.717) is 19.4 Å². The van der Waals surface area contributed by atoms with E-state index in [1.54, 1.807) is 0 Å². The van der Waals surface area contributed by atoms with E-state index >= 15 is 0 Å². The molecule has 6 nitrogen and oxygen atoms in total. The first-order chi connectivity index (χ1) is 13.4. The van der Waals surface area contributed by atoms with Crippen LogP contribution in [0.2, 0.25) is 0 Å². The number of fused-ring (bicyclic) bond motifs is 2. The molecule has 1 saturated carbocycles. The Morgan fingerprint density at radius 2 is 2.07 bits per heavy atom. The molecule has 1 spiro atoms. The number of methoxy groups -OCH3 is 1. The average Bonchev–Trinajstić information content (AvgIpc) is 3.10. The highest BCUT2D eigenvalue weighted by Crippen LogP contribution is 2.74. The number of allylic oxidation sites excluding steroid dienone is 1. The van der Waals surface area contributed by atoms with E-state index in [4.69, 9.17) is 4.74 Å². The summed E-state index contributed by atoms with van der Waals surface area (Å²) in [5.41, 5.74) is 0.424. The van der Waals surface area contributed by atoms with Gasteiger partial charge >= 0.3 is 5.97 Å². The van der Waals surface area contributed by atoms with Crippen LogP contribution in [-0.2, 0) is 14.9 Å². The topological polar surface area (TPSA) is 73.2 Å². The molecule has 1 aliphatic carbocycles. The van der Waals surface area contributed by atoms with Crippen LogP contribution < -0.4 is 4.90 Å². The minimum atomic E-state index is -1.08. The van der Waals surface area contributed by atoms with Gasteiger partial charge in [0.1, 0.15) is 11.1 Å². The smallest absolute Gasteiger partial charge is 0.316 e. The Balaban J connectivity index is 1.70. The van der Waals surface area contributed by atoms with E-state index in [0.717, 1.165) is 16.8 Å². The average molecular weight is 382 g/mol. The molecule has 4 saturated heterocycles. The number of aliphatic hydroxyl groups is 2. The molecule has 6 heteroatoms. The van der Waals surface area contributed by atoms with Gasteiger partial charge in [-0.1, -0.05) is 29.8 Å². The van der Waals surface area contributed by atoms with E-state index in [2.05, 4.69) is 28.0 Å². The van der Waals surface area contributed by atoms with Crippen LogP contribution in [0.15, 0.2) is 35.9 Å². The van der Waals surface area contributed by atoms with Crippen LogP contribution in [0.5, 0.6) is 0 Å². The minimum Gasteiger partial charge on any atom is -0.468 e. The van der Waals surface area contributed by atoms with Crippen molar-refractivity contribution in [1.29, 1.82) is 0 Å². The lowest BCUT2D eigenvalue weighted by molar-refractivity contribution is -0.242. The number of anilines is 1. The number of piperidine rings is 4. The van der Waals surface area contributed by atoms with E-state index in [1.807, 2.05) is 26.1 Å². The number of nitrogens with zero attached hydrogens (tertiary/aromatic N) is 2. The van der Waals surface area contributed by atoms with Crippen molar-refractivity contribution in [2.75, 3.05) is 25.6 Å². The largest absolute Gasteiger partial charge is 0.468 e. The number of likely N-dealkylation sites (N-methyl/N-ethyl adjacent to an activating group) is 1. The van der Waals surface area contributed by atoms with Crippen molar-refractivity contribution in [1.82, 2.24) is 4.90 Å². The van der Waals surface area contributed by atoms with Crippen molar-refractivity contribution in [2.24, 2.45) is 11.3 Å². The first-order valence-electron chi connectivity index (χ1n) is 10.1. The molecule has 6 aliphatic rings. The molecule has 1 aromatic carbocycles. The number of carbonyl (C=O) groups is 1. The van der Waals surface area contributed by atoms with Crippen molar-refractivity contribution < 1.29 is 19.7 Å². The van der Waals surface area contributed by atoms with Gasteiger partial charge in [0, 0.05) is 31.2 Å². The number of benzene rings is 1. The molecule has 5 fully saturated rings. The third kappa shape index (κ3) is 1.37. The monoisotopic (exact) mass is 382 g/mol. The van der Waals surface area contributed by atoms with Gasteiger partial charge in [-0.3, -0.25) is 9.69 Å². The number of aliphatic hydroxyl groups excluding tert-OH is 1. The highest BCUT2D eigenvalue weighted by molar-refractivity contribution is 5.84. The molecule has 28 heavy (non-hydrogen) atoms. The molecule has 0 radical (unpaired) electrons. The lowest BCUT2D eigenvalue weighted by Gasteiger charge is -2.65. The van der Waals surface area contributed by atoms with Gasteiger partial charge in [-0.25, -0.2) is 0 Å². The van der Waals surface area contributed by atoms with Crippen LogP contribution >= 0.6 is 0 Å². The molecule has 148 valence electrons. The Kier molecular flexibility index (Phi) is 2.92. The van der Waals surface area contributed by atoms with Crippen molar-refractivity contribution >= 4 is 11.7 Å². The predicted octanol–water partition coefficient (Wildman–Crippen LogP) is 1.02. The second-order valence-electron chi connectivity index (χ2n) is 9.24. The van der Waals surface area contributed by atoms with Gasteiger partial charge < -0.3 is 19.8 Å². The first-order valence-corrected chi connectivity index (χ1v) is 10.1. The van der Waals surface area contributed by atoms with Gasteiger partial charge in [0.25, 0.3) is 0 Å². The zero-order chi connectivity index (χ0) is 19.6. The third-order valence-electron chi connectivity index (χ3n) is 8.79. The van der Waals surface area contributed by atoms with Crippen LogP contribution in [0, 0.1) is 11.3 Å². The Bertz CT molecular complexity index is 946. The van der Waals surface area contributed by atoms with Crippen molar-refractivity contribution in [3.05, 3.63) is 41.5 Å². The summed E-state index contributed by atoms with van der Waals surface area (Å²) in [5.74, 6) is -0.545. The second kappa shape index (κ2) is 4.81. The molecule has 3 unspecified atom stereocenters. The van der Waals surface area contributed by atoms with Crippen molar-refractivity contribution in [2.45, 2.75) is 49.1 Å². The summed E-state index contributed by atoms with van der Waals surface area (Å²) in [6.45, 7) is 2.62. The molecule has 1 aromatic rings. The number of hydrogen-bond acceptors (Lipinski definition) is 6. The summed E-state index contributed by atoms with van der Waals surface area (Å²) in [5, 5.41) is 24.1. The van der Waals surface area contributed by atoms with E-state index in [9.17, 15) is 15.0 Å². The van der Waals surface area contributed by atoms with E-state index in [1.165, 1.54) is 7.11 Å². The molecule has 2 N–H and O–H groups in total. The maximum absolute atomic E-state index is 13.3. The Hall–Kier alpha value is -1.89. The van der Waals surface area contributed by atoms with Crippen LogP contribution in [0.1, 0.15) is 25.3 Å². The fourth-order valence-electron chi connectivity index (χ4n) is 8.02. The number of esters is 1. The van der Waals surface area contributed by atoms with Crippen LogP contribution in [0.3, 0.4) is 0 Å². The maximum Gasteiger partial charge on any atom is 0.316 e. The van der Waals surface area contributed by atoms with Crippen molar-refractivity contribution in [3.8, 4) is 0 Å². The lowest BCUT2D eigenvalue weighted by Crippen LogP contribution is -2.78. The van der Waals surface area contributed by atoms with Gasteiger partial charge in [0.05, 0.1) is 24.7 Å². The molecule has 5 bridgehead atoms. The molecule has 0 aromatic heterocycles. The van der Waals surface area contributed by atoms with Crippen LogP contribution in [0.4, 0.5) is 5.69 Å². The molecule has 5 aliphatic heterocycles. The lowest BCUT2D eigenvalue weighted by atomic mass is 9.57. The molecule has 0 amide bonds. The van der Waals surface area contributed by atoms with Crippen molar-refractivity contribution in [3.63, 3.8) is 0 Å². The Morgan fingerprint density at radius 1 is 1.32 bits per heavy atom. The molecular weight excluding hydrogens is 356 g/mol. The maximum atomic E-state index is 13.3. The standard InChI is InChI=1S/C22H26N2O4/c1-4-12-11-24-16-10-20-13-7-5-6-8-15(13)23(2)17(20)21(24,27)9-14(12)22(16,18(20)25)19(26)28-3/h4-8,14,16-18,25,27H,9-11H2,1-3H3/b12-4-/t14-,16-,17-,18?,20+,21+,22?/m0/s1. The number of carbonyl (C=O) groups excluding carboxylic acids is 1. The Morgan fingerprint density at radius 3 is 2.79 bits per heavy atom. The summed E-state index contributed by atoms with van der Waals surface area (Å²) >= 11 is 0. The molecule has 7 rings (SSSR count). The normalized spacial score (nSPS) is 50.8. The molecular formula is C22H26N2O4. The van der Waals surface area contributed by atoms with Gasteiger partial charge in [-0.05, 0) is 31.4 Å². The van der Waals surface area contributed by atoms with Gasteiger partial charge in [-0.15, -0.1) is 0 Å². The van der Waals surface area contributed by atoms with Gasteiger partial charge in [0.2, 0.25) is 0 Å². The number of rotatable bonds is 1. The second-order valence-corrected chi connectivity index (χ2v) is 9.24. The van der Waals surface area contributed by atoms with Crippen LogP contribution in [0.25, 0.3) is 0 Å². The van der Waals surface area contributed by atoms with E-state index in [-0.39, 0.29) is 24.0 Å². The number of para-hydroxylation sites is 1. The van der Waals surface area contributed by atoms with Gasteiger partial charge in [-0.2, -0.15) is 0 Å². The summed E-state index contributed by atoms with van der Waals surface area (Å²) in [7, 11) is 3.42. The predicted molar refractivity (Wildman–Crippen MR) is 103 cm³/mol. The zero-order valence-electron chi connectivity index (χ0n) is 16.4. The minimum absolute atomic E-state index is 0.203. The number of ether oxygens (including phenoxy) is 1.